The molecule has 0 bridgehead atoms. The van der Waals surface area contributed by atoms with Gasteiger partial charge in [0, 0.05) is 18.5 Å². The molecule has 4 heteroatoms. The van der Waals surface area contributed by atoms with Crippen molar-refractivity contribution >= 4 is 16.7 Å². The van der Waals surface area contributed by atoms with Crippen LogP contribution in [0.5, 0.6) is 5.75 Å². The van der Waals surface area contributed by atoms with Gasteiger partial charge in [0.15, 0.2) is 0 Å². The minimum absolute atomic E-state index is 0.122. The van der Waals surface area contributed by atoms with Crippen molar-refractivity contribution in [1.29, 1.82) is 0 Å². The third-order valence-electron chi connectivity index (χ3n) is 6.75. The van der Waals surface area contributed by atoms with Crippen LogP contribution >= 0.6 is 0 Å². The summed E-state index contributed by atoms with van der Waals surface area (Å²) in [7, 11) is 1.69. The SMILES string of the molecule is COc1cccc([C@@H](C)NC(C)c2cc(-c3ccc(C)c(CCC(=O)O)c3)c3ccccc3c2)c1. The fourth-order valence-electron chi connectivity index (χ4n) is 4.65. The van der Waals surface area contributed by atoms with E-state index >= 15 is 0 Å². The Morgan fingerprint density at radius 1 is 0.914 bits per heavy atom. The molecule has 4 rings (SSSR count). The van der Waals surface area contributed by atoms with Gasteiger partial charge >= 0.3 is 5.97 Å². The second kappa shape index (κ2) is 10.7. The average molecular weight is 468 g/mol. The molecule has 2 atom stereocenters. The van der Waals surface area contributed by atoms with Crippen LogP contribution in [0.15, 0.2) is 78.9 Å². The smallest absolute Gasteiger partial charge is 0.303 e. The Labute approximate surface area is 207 Å². The van der Waals surface area contributed by atoms with Crippen molar-refractivity contribution in [2.75, 3.05) is 7.11 Å². The van der Waals surface area contributed by atoms with E-state index in [1.807, 2.05) is 19.1 Å². The van der Waals surface area contributed by atoms with Gasteiger partial charge in [-0.3, -0.25) is 4.79 Å². The lowest BCUT2D eigenvalue weighted by Gasteiger charge is -2.23. The van der Waals surface area contributed by atoms with Gasteiger partial charge < -0.3 is 15.2 Å². The lowest BCUT2D eigenvalue weighted by Crippen LogP contribution is -2.22. The standard InChI is InChI=1S/C31H33NO3/c1-20-12-13-26(16-23(20)14-15-31(33)34)30-19-27(17-25-8-5-6-11-29(25)30)22(3)32-21(2)24-9-7-10-28(18-24)35-4/h5-13,16-19,21-22,32H,14-15H2,1-4H3,(H,33,34)/t21-,22?/m1/s1. The maximum atomic E-state index is 11.1. The van der Waals surface area contributed by atoms with Crippen LogP contribution < -0.4 is 10.1 Å². The maximum Gasteiger partial charge on any atom is 0.303 e. The van der Waals surface area contributed by atoms with Crippen LogP contribution in [-0.2, 0) is 11.2 Å². The Hall–Kier alpha value is -3.63. The van der Waals surface area contributed by atoms with E-state index in [9.17, 15) is 4.79 Å². The quantitative estimate of drug-likeness (QED) is 0.272. The van der Waals surface area contributed by atoms with Crippen molar-refractivity contribution in [3.63, 3.8) is 0 Å². The first-order chi connectivity index (χ1) is 16.9. The summed E-state index contributed by atoms with van der Waals surface area (Å²) in [5.41, 5.74) is 6.87. The van der Waals surface area contributed by atoms with Gasteiger partial charge in [0.1, 0.15) is 5.75 Å². The van der Waals surface area contributed by atoms with E-state index in [0.717, 1.165) is 28.0 Å². The van der Waals surface area contributed by atoms with Crippen molar-refractivity contribution in [3.05, 3.63) is 101 Å². The van der Waals surface area contributed by atoms with Crippen LogP contribution in [0.25, 0.3) is 21.9 Å². The molecule has 2 N–H and O–H groups in total. The largest absolute Gasteiger partial charge is 0.497 e. The van der Waals surface area contributed by atoms with Crippen molar-refractivity contribution in [1.82, 2.24) is 5.32 Å². The minimum atomic E-state index is -0.771. The molecule has 180 valence electrons. The van der Waals surface area contributed by atoms with Crippen LogP contribution in [0.1, 0.15) is 54.6 Å². The normalized spacial score (nSPS) is 12.9. The topological polar surface area (TPSA) is 58.6 Å². The fourth-order valence-corrected chi connectivity index (χ4v) is 4.65. The number of fused-ring (bicyclic) bond motifs is 1. The van der Waals surface area contributed by atoms with Gasteiger partial charge in [0.2, 0.25) is 0 Å². The van der Waals surface area contributed by atoms with Gasteiger partial charge in [-0.05, 0) is 95.6 Å². The Bertz CT molecular complexity index is 1340. The zero-order valence-electron chi connectivity index (χ0n) is 20.8. The predicted molar refractivity (Wildman–Crippen MR) is 143 cm³/mol. The number of methoxy groups -OCH3 is 1. The van der Waals surface area contributed by atoms with Crippen molar-refractivity contribution in [3.8, 4) is 16.9 Å². The van der Waals surface area contributed by atoms with Crippen LogP contribution in [-0.4, -0.2) is 18.2 Å². The second-order valence-electron chi connectivity index (χ2n) is 9.21. The molecular weight excluding hydrogens is 434 g/mol. The van der Waals surface area contributed by atoms with Crippen LogP contribution in [0, 0.1) is 6.92 Å². The van der Waals surface area contributed by atoms with Crippen molar-refractivity contribution in [2.24, 2.45) is 0 Å². The summed E-state index contributed by atoms with van der Waals surface area (Å²) in [6, 6.07) is 27.8. The molecule has 0 spiro atoms. The summed E-state index contributed by atoms with van der Waals surface area (Å²) in [6.45, 7) is 6.40. The van der Waals surface area contributed by atoms with Crippen LogP contribution in [0.4, 0.5) is 0 Å². The first-order valence-corrected chi connectivity index (χ1v) is 12.1. The summed E-state index contributed by atoms with van der Waals surface area (Å²) in [5, 5.41) is 15.3. The summed E-state index contributed by atoms with van der Waals surface area (Å²) in [5.74, 6) is 0.0853. The number of hydrogen-bond acceptors (Lipinski definition) is 3. The third kappa shape index (κ3) is 5.72. The molecule has 4 aromatic carbocycles. The number of aliphatic carboxylic acids is 1. The highest BCUT2D eigenvalue weighted by Gasteiger charge is 2.15. The van der Waals surface area contributed by atoms with E-state index in [4.69, 9.17) is 9.84 Å². The molecular formula is C31H33NO3. The minimum Gasteiger partial charge on any atom is -0.497 e. The third-order valence-corrected chi connectivity index (χ3v) is 6.75. The Morgan fingerprint density at radius 3 is 2.46 bits per heavy atom. The number of carboxylic acid groups (broad SMARTS) is 1. The zero-order valence-corrected chi connectivity index (χ0v) is 20.8. The Morgan fingerprint density at radius 2 is 1.69 bits per heavy atom. The first-order valence-electron chi connectivity index (χ1n) is 12.1. The molecule has 0 saturated carbocycles. The zero-order chi connectivity index (χ0) is 24.9. The number of carbonyl (C=O) groups is 1. The maximum absolute atomic E-state index is 11.1. The molecule has 0 aromatic heterocycles. The lowest BCUT2D eigenvalue weighted by atomic mass is 9.91. The molecule has 0 heterocycles. The fraction of sp³-hybridized carbons (Fsp3) is 0.258. The van der Waals surface area contributed by atoms with Gasteiger partial charge in [0.25, 0.3) is 0 Å². The van der Waals surface area contributed by atoms with Gasteiger partial charge in [-0.15, -0.1) is 0 Å². The second-order valence-corrected chi connectivity index (χ2v) is 9.21. The van der Waals surface area contributed by atoms with Gasteiger partial charge in [-0.2, -0.15) is 0 Å². The van der Waals surface area contributed by atoms with E-state index < -0.39 is 5.97 Å². The lowest BCUT2D eigenvalue weighted by molar-refractivity contribution is -0.136. The first kappa shape index (κ1) is 24.5. The number of carboxylic acids is 1. The molecule has 0 aliphatic heterocycles. The highest BCUT2D eigenvalue weighted by molar-refractivity contribution is 5.97. The van der Waals surface area contributed by atoms with E-state index in [0.29, 0.717) is 6.42 Å². The number of hydrogen-bond donors (Lipinski definition) is 2. The molecule has 1 unspecified atom stereocenters. The van der Waals surface area contributed by atoms with Gasteiger partial charge in [0.05, 0.1) is 7.11 Å². The molecule has 0 amide bonds. The van der Waals surface area contributed by atoms with Gasteiger partial charge in [-0.1, -0.05) is 54.6 Å². The summed E-state index contributed by atoms with van der Waals surface area (Å²) in [4.78, 5) is 11.1. The molecule has 0 aliphatic rings. The van der Waals surface area contributed by atoms with E-state index in [1.165, 1.54) is 21.9 Å². The van der Waals surface area contributed by atoms with Crippen molar-refractivity contribution < 1.29 is 14.6 Å². The van der Waals surface area contributed by atoms with E-state index in [-0.39, 0.29) is 18.5 Å². The van der Waals surface area contributed by atoms with E-state index in [1.54, 1.807) is 7.11 Å². The highest BCUT2D eigenvalue weighted by atomic mass is 16.5. The number of aryl methyl sites for hydroxylation is 2. The number of rotatable bonds is 9. The highest BCUT2D eigenvalue weighted by Crippen LogP contribution is 2.34. The van der Waals surface area contributed by atoms with E-state index in [2.05, 4.69) is 85.9 Å². The van der Waals surface area contributed by atoms with Crippen molar-refractivity contribution in [2.45, 2.75) is 45.7 Å². The summed E-state index contributed by atoms with van der Waals surface area (Å²) < 4.78 is 5.40. The summed E-state index contributed by atoms with van der Waals surface area (Å²) in [6.07, 6.45) is 0.664. The molecule has 35 heavy (non-hydrogen) atoms. The van der Waals surface area contributed by atoms with Crippen LogP contribution in [0.2, 0.25) is 0 Å². The molecule has 0 aliphatic carbocycles. The number of ether oxygens (including phenoxy) is 1. The molecule has 0 saturated heterocycles. The average Bonchev–Trinajstić information content (AvgIpc) is 2.87. The monoisotopic (exact) mass is 467 g/mol. The molecule has 0 radical (unpaired) electrons. The Kier molecular flexibility index (Phi) is 7.52. The molecule has 0 fully saturated rings. The predicted octanol–water partition coefficient (Wildman–Crippen LogP) is 7.25. The number of nitrogens with one attached hydrogen (secondary N) is 1. The summed E-state index contributed by atoms with van der Waals surface area (Å²) >= 11 is 0. The Balaban J connectivity index is 1.69. The number of benzene rings is 4. The molecule has 4 aromatic rings. The van der Waals surface area contributed by atoms with Gasteiger partial charge in [-0.25, -0.2) is 0 Å². The molecule has 4 nitrogen and oxygen atoms in total. The van der Waals surface area contributed by atoms with Crippen LogP contribution in [0.3, 0.4) is 0 Å².